The summed E-state index contributed by atoms with van der Waals surface area (Å²) < 4.78 is 19.6. The lowest BCUT2D eigenvalue weighted by Gasteiger charge is -2.39. The number of Topliss-reactive ketones (excluding diaryl/α,β-unsaturated/α-hetero) is 1. The molecular weight excluding hydrogens is 371 g/mol. The van der Waals surface area contributed by atoms with Crippen molar-refractivity contribution in [3.05, 3.63) is 77.0 Å². The molecule has 5 nitrogen and oxygen atoms in total. The van der Waals surface area contributed by atoms with Crippen molar-refractivity contribution in [1.29, 1.82) is 0 Å². The molecule has 0 saturated heterocycles. The van der Waals surface area contributed by atoms with Crippen molar-refractivity contribution in [2.45, 2.75) is 25.7 Å². The topological polar surface area (TPSA) is 49.9 Å². The first kappa shape index (κ1) is 19.3. The highest BCUT2D eigenvalue weighted by molar-refractivity contribution is 6.15. The Labute approximate surface area is 169 Å². The van der Waals surface area contributed by atoms with Gasteiger partial charge in [-0.1, -0.05) is 42.5 Å². The van der Waals surface area contributed by atoms with Crippen LogP contribution in [0.15, 0.2) is 65.9 Å². The maximum atomic E-state index is 14.4. The summed E-state index contributed by atoms with van der Waals surface area (Å²) >= 11 is 0. The minimum atomic E-state index is -2.10. The number of carbonyl (C=O) groups excluding carboxylic acids is 2. The Morgan fingerprint density at radius 3 is 2.38 bits per heavy atom. The van der Waals surface area contributed by atoms with Crippen LogP contribution in [0.1, 0.15) is 17.5 Å². The highest BCUT2D eigenvalue weighted by Gasteiger charge is 2.43. The summed E-state index contributed by atoms with van der Waals surface area (Å²) in [6.45, 7) is 2.06. The molecule has 2 aromatic rings. The van der Waals surface area contributed by atoms with Gasteiger partial charge in [0.15, 0.2) is 0 Å². The Bertz CT molecular complexity index is 940. The van der Waals surface area contributed by atoms with Crippen molar-refractivity contribution in [2.24, 2.45) is 0 Å². The van der Waals surface area contributed by atoms with E-state index in [4.69, 9.17) is 4.74 Å². The molecule has 0 saturated carbocycles. The lowest BCUT2D eigenvalue weighted by molar-refractivity contribution is -0.142. The third-order valence-electron chi connectivity index (χ3n) is 5.48. The summed E-state index contributed by atoms with van der Waals surface area (Å²) in [4.78, 5) is 28.7. The molecular formula is C23H23FN2O3. The summed E-state index contributed by atoms with van der Waals surface area (Å²) in [5.74, 6) is -0.731. The van der Waals surface area contributed by atoms with Crippen molar-refractivity contribution in [2.75, 3.05) is 20.2 Å². The van der Waals surface area contributed by atoms with E-state index in [2.05, 4.69) is 4.90 Å². The maximum Gasteiger partial charge on any atom is 0.269 e. The molecule has 0 spiro atoms. The van der Waals surface area contributed by atoms with E-state index in [0.717, 1.165) is 17.7 Å². The van der Waals surface area contributed by atoms with E-state index in [1.54, 1.807) is 19.2 Å². The first-order chi connectivity index (χ1) is 14.1. The van der Waals surface area contributed by atoms with Crippen LogP contribution in [-0.4, -0.2) is 47.9 Å². The normalized spacial score (nSPS) is 20.1. The van der Waals surface area contributed by atoms with Crippen LogP contribution < -0.4 is 4.74 Å². The van der Waals surface area contributed by atoms with Crippen molar-refractivity contribution in [3.8, 4) is 5.75 Å². The second-order valence-corrected chi connectivity index (χ2v) is 7.37. The fourth-order valence-corrected chi connectivity index (χ4v) is 3.91. The molecule has 0 fully saturated rings. The second-order valence-electron chi connectivity index (χ2n) is 7.37. The standard InChI is InChI=1S/C23H23FN2O3/c1-29-18-9-7-17(8-10-18)14-26-20-15-25(13-16-5-3-2-4-6-16)12-11-19(20)22(27)21(24)23(26)28/h2-10,21H,11-15H2,1H3. The minimum Gasteiger partial charge on any atom is -0.497 e. The zero-order valence-electron chi connectivity index (χ0n) is 16.3. The highest BCUT2D eigenvalue weighted by atomic mass is 19.1. The smallest absolute Gasteiger partial charge is 0.269 e. The SMILES string of the molecule is COc1ccc(CN2C(=O)C(F)C(=O)C3=C2CN(Cc2ccccc2)CC3)cc1. The van der Waals surface area contributed by atoms with Gasteiger partial charge in [0.1, 0.15) is 5.75 Å². The average Bonchev–Trinajstić information content (AvgIpc) is 2.76. The fourth-order valence-electron chi connectivity index (χ4n) is 3.91. The summed E-state index contributed by atoms with van der Waals surface area (Å²) in [5.41, 5.74) is 3.10. The number of amides is 1. The molecule has 29 heavy (non-hydrogen) atoms. The molecule has 0 aliphatic carbocycles. The molecule has 2 aliphatic heterocycles. The number of methoxy groups -OCH3 is 1. The van der Waals surface area contributed by atoms with Gasteiger partial charge in [-0.2, -0.15) is 0 Å². The van der Waals surface area contributed by atoms with Crippen LogP contribution in [-0.2, 0) is 22.7 Å². The Kier molecular flexibility index (Phi) is 5.45. The molecule has 6 heteroatoms. The predicted molar refractivity (Wildman–Crippen MR) is 107 cm³/mol. The van der Waals surface area contributed by atoms with Crippen LogP contribution in [0.25, 0.3) is 0 Å². The number of alkyl halides is 1. The van der Waals surface area contributed by atoms with Crippen molar-refractivity contribution in [1.82, 2.24) is 9.80 Å². The number of benzene rings is 2. The molecule has 0 bridgehead atoms. The van der Waals surface area contributed by atoms with Crippen molar-refractivity contribution in [3.63, 3.8) is 0 Å². The summed E-state index contributed by atoms with van der Waals surface area (Å²) in [7, 11) is 1.59. The maximum absolute atomic E-state index is 14.4. The zero-order chi connectivity index (χ0) is 20.4. The number of carbonyl (C=O) groups is 2. The van der Waals surface area contributed by atoms with E-state index in [9.17, 15) is 14.0 Å². The summed E-state index contributed by atoms with van der Waals surface area (Å²) in [6.07, 6.45) is -1.65. The third kappa shape index (κ3) is 3.93. The van der Waals surface area contributed by atoms with E-state index >= 15 is 0 Å². The van der Waals surface area contributed by atoms with Gasteiger partial charge in [0.25, 0.3) is 5.91 Å². The van der Waals surface area contributed by atoms with E-state index in [1.165, 1.54) is 4.90 Å². The number of nitrogens with zero attached hydrogens (tertiary/aromatic N) is 2. The highest BCUT2D eigenvalue weighted by Crippen LogP contribution is 2.31. The number of ether oxygens (including phenoxy) is 1. The lowest BCUT2D eigenvalue weighted by Crippen LogP contribution is -2.51. The molecule has 1 amide bonds. The number of hydrogen-bond acceptors (Lipinski definition) is 4. The Hall–Kier alpha value is -2.99. The van der Waals surface area contributed by atoms with E-state index in [1.807, 2.05) is 42.5 Å². The van der Waals surface area contributed by atoms with Gasteiger partial charge in [0.2, 0.25) is 12.0 Å². The summed E-state index contributed by atoms with van der Waals surface area (Å²) in [5, 5.41) is 0. The lowest BCUT2D eigenvalue weighted by atomic mass is 9.92. The van der Waals surface area contributed by atoms with E-state index in [-0.39, 0.29) is 6.54 Å². The number of hydrogen-bond donors (Lipinski definition) is 0. The molecule has 0 N–H and O–H groups in total. The number of halogens is 1. The van der Waals surface area contributed by atoms with Gasteiger partial charge in [-0.05, 0) is 29.7 Å². The van der Waals surface area contributed by atoms with Crippen LogP contribution in [0.3, 0.4) is 0 Å². The average molecular weight is 394 g/mol. The third-order valence-corrected chi connectivity index (χ3v) is 5.48. The van der Waals surface area contributed by atoms with Gasteiger partial charge in [-0.3, -0.25) is 14.5 Å². The number of ketones is 1. The van der Waals surface area contributed by atoms with Gasteiger partial charge >= 0.3 is 0 Å². The first-order valence-corrected chi connectivity index (χ1v) is 9.67. The Morgan fingerprint density at radius 1 is 1.00 bits per heavy atom. The molecule has 1 atom stereocenters. The molecule has 0 aromatic heterocycles. The first-order valence-electron chi connectivity index (χ1n) is 9.67. The monoisotopic (exact) mass is 394 g/mol. The Balaban J connectivity index is 1.59. The van der Waals surface area contributed by atoms with Gasteiger partial charge < -0.3 is 9.64 Å². The van der Waals surface area contributed by atoms with Crippen LogP contribution in [0.4, 0.5) is 4.39 Å². The molecule has 2 aliphatic rings. The number of rotatable bonds is 5. The Morgan fingerprint density at radius 2 is 1.69 bits per heavy atom. The van der Waals surface area contributed by atoms with Gasteiger partial charge in [0.05, 0.1) is 13.7 Å². The van der Waals surface area contributed by atoms with Gasteiger partial charge in [-0.15, -0.1) is 0 Å². The molecule has 2 aromatic carbocycles. The van der Waals surface area contributed by atoms with Gasteiger partial charge in [-0.25, -0.2) is 4.39 Å². The molecule has 0 radical (unpaired) electrons. The largest absolute Gasteiger partial charge is 0.497 e. The van der Waals surface area contributed by atoms with Crippen LogP contribution in [0, 0.1) is 0 Å². The van der Waals surface area contributed by atoms with Crippen LogP contribution in [0.2, 0.25) is 0 Å². The van der Waals surface area contributed by atoms with Crippen LogP contribution in [0.5, 0.6) is 5.75 Å². The van der Waals surface area contributed by atoms with Crippen molar-refractivity contribution < 1.29 is 18.7 Å². The van der Waals surface area contributed by atoms with E-state index in [0.29, 0.717) is 36.5 Å². The van der Waals surface area contributed by atoms with Crippen LogP contribution >= 0.6 is 0 Å². The molecule has 150 valence electrons. The fraction of sp³-hybridized carbons (Fsp3) is 0.304. The predicted octanol–water partition coefficient (Wildman–Crippen LogP) is 3.10. The van der Waals surface area contributed by atoms with E-state index < -0.39 is 17.9 Å². The zero-order valence-corrected chi connectivity index (χ0v) is 16.3. The molecule has 1 unspecified atom stereocenters. The van der Waals surface area contributed by atoms with Crippen molar-refractivity contribution >= 4 is 11.7 Å². The molecule has 4 rings (SSSR count). The van der Waals surface area contributed by atoms with Gasteiger partial charge in [0, 0.05) is 30.9 Å². The second kappa shape index (κ2) is 8.17. The molecule has 2 heterocycles. The minimum absolute atomic E-state index is 0.231. The summed E-state index contributed by atoms with van der Waals surface area (Å²) in [6, 6.07) is 17.3. The quantitative estimate of drug-likeness (QED) is 0.732.